The molecule has 116 valence electrons. The molecule has 2 aromatic heterocycles. The van der Waals surface area contributed by atoms with Crippen molar-refractivity contribution in [2.24, 2.45) is 0 Å². The molecule has 0 unspecified atom stereocenters. The van der Waals surface area contributed by atoms with Gasteiger partial charge in [0.15, 0.2) is 0 Å². The summed E-state index contributed by atoms with van der Waals surface area (Å²) in [6.07, 6.45) is 6.04. The Balaban J connectivity index is 1.67. The lowest BCUT2D eigenvalue weighted by molar-refractivity contribution is 0.0484. The third-order valence-corrected chi connectivity index (χ3v) is 3.42. The van der Waals surface area contributed by atoms with E-state index in [1.807, 2.05) is 0 Å². The van der Waals surface area contributed by atoms with Crippen LogP contribution < -0.4 is 9.47 Å². The van der Waals surface area contributed by atoms with Gasteiger partial charge in [-0.3, -0.25) is 4.79 Å². The maximum Gasteiger partial charge on any atom is 0.292 e. The third kappa shape index (κ3) is 3.00. The highest BCUT2D eigenvalue weighted by molar-refractivity contribution is 5.91. The van der Waals surface area contributed by atoms with Crippen LogP contribution in [0.4, 0.5) is 0 Å². The summed E-state index contributed by atoms with van der Waals surface area (Å²) in [5, 5.41) is 3.56. The highest BCUT2D eigenvalue weighted by Crippen LogP contribution is 2.24. The molecule has 22 heavy (non-hydrogen) atoms. The fraction of sp³-hybridized carbons (Fsp3) is 0.429. The second-order valence-corrected chi connectivity index (χ2v) is 4.88. The SMILES string of the molecule is COc1nccnc1O[C@@H]1CCCN(C(=O)c2ccno2)C1. The lowest BCUT2D eigenvalue weighted by Crippen LogP contribution is -2.44. The first kappa shape index (κ1) is 14.3. The molecular weight excluding hydrogens is 288 g/mol. The van der Waals surface area contributed by atoms with E-state index in [0.29, 0.717) is 24.8 Å². The molecule has 1 aliphatic heterocycles. The van der Waals surface area contributed by atoms with Crippen molar-refractivity contribution in [1.82, 2.24) is 20.0 Å². The lowest BCUT2D eigenvalue weighted by atomic mass is 10.1. The Kier molecular flexibility index (Phi) is 4.17. The smallest absolute Gasteiger partial charge is 0.292 e. The van der Waals surface area contributed by atoms with Crippen LogP contribution in [0.5, 0.6) is 11.8 Å². The van der Waals surface area contributed by atoms with Gasteiger partial charge in [-0.05, 0) is 12.8 Å². The number of methoxy groups -OCH3 is 1. The Labute approximate surface area is 127 Å². The van der Waals surface area contributed by atoms with Crippen LogP contribution in [0.15, 0.2) is 29.2 Å². The summed E-state index contributed by atoms with van der Waals surface area (Å²) in [7, 11) is 1.51. The van der Waals surface area contributed by atoms with Gasteiger partial charge in [0.05, 0.1) is 19.9 Å². The number of hydrogen-bond acceptors (Lipinski definition) is 7. The van der Waals surface area contributed by atoms with Crippen molar-refractivity contribution in [2.75, 3.05) is 20.2 Å². The topological polar surface area (TPSA) is 90.6 Å². The summed E-state index contributed by atoms with van der Waals surface area (Å²) >= 11 is 0. The zero-order chi connectivity index (χ0) is 15.4. The molecule has 8 nitrogen and oxygen atoms in total. The number of hydrogen-bond donors (Lipinski definition) is 0. The number of amides is 1. The summed E-state index contributed by atoms with van der Waals surface area (Å²) < 4.78 is 15.9. The Morgan fingerprint density at radius 2 is 2.14 bits per heavy atom. The second kappa shape index (κ2) is 6.42. The minimum Gasteiger partial charge on any atom is -0.477 e. The number of ether oxygens (including phenoxy) is 2. The molecule has 2 aromatic rings. The van der Waals surface area contributed by atoms with E-state index in [-0.39, 0.29) is 17.8 Å². The molecule has 0 N–H and O–H groups in total. The molecule has 0 bridgehead atoms. The predicted octanol–water partition coefficient (Wildman–Crippen LogP) is 1.16. The number of rotatable bonds is 4. The third-order valence-electron chi connectivity index (χ3n) is 3.42. The summed E-state index contributed by atoms with van der Waals surface area (Å²) in [4.78, 5) is 22.1. The molecule has 3 heterocycles. The highest BCUT2D eigenvalue weighted by atomic mass is 16.5. The van der Waals surface area contributed by atoms with Crippen LogP contribution in [-0.4, -0.2) is 52.2 Å². The van der Waals surface area contributed by atoms with Gasteiger partial charge in [0, 0.05) is 25.0 Å². The largest absolute Gasteiger partial charge is 0.477 e. The molecule has 1 saturated heterocycles. The van der Waals surface area contributed by atoms with E-state index >= 15 is 0 Å². The van der Waals surface area contributed by atoms with Crippen molar-refractivity contribution >= 4 is 5.91 Å². The van der Waals surface area contributed by atoms with Crippen molar-refractivity contribution in [1.29, 1.82) is 0 Å². The summed E-state index contributed by atoms with van der Waals surface area (Å²) in [5.41, 5.74) is 0. The van der Waals surface area contributed by atoms with Gasteiger partial charge >= 0.3 is 0 Å². The van der Waals surface area contributed by atoms with Gasteiger partial charge in [-0.25, -0.2) is 9.97 Å². The molecule has 1 amide bonds. The van der Waals surface area contributed by atoms with Crippen LogP contribution in [0.1, 0.15) is 23.4 Å². The maximum absolute atomic E-state index is 12.3. The van der Waals surface area contributed by atoms with Crippen molar-refractivity contribution < 1.29 is 18.8 Å². The minimum absolute atomic E-state index is 0.161. The first-order chi connectivity index (χ1) is 10.8. The number of carbonyl (C=O) groups excluding carboxylic acids is 1. The van der Waals surface area contributed by atoms with Crippen LogP contribution in [-0.2, 0) is 0 Å². The Morgan fingerprint density at radius 1 is 1.32 bits per heavy atom. The monoisotopic (exact) mass is 304 g/mol. The number of nitrogens with zero attached hydrogens (tertiary/aromatic N) is 4. The molecule has 1 atom stereocenters. The van der Waals surface area contributed by atoms with E-state index in [0.717, 1.165) is 12.8 Å². The van der Waals surface area contributed by atoms with Gasteiger partial charge in [-0.2, -0.15) is 0 Å². The van der Waals surface area contributed by atoms with E-state index in [9.17, 15) is 4.79 Å². The number of carbonyl (C=O) groups is 1. The van der Waals surface area contributed by atoms with Crippen LogP contribution in [0.3, 0.4) is 0 Å². The minimum atomic E-state index is -0.183. The number of likely N-dealkylation sites (tertiary alicyclic amines) is 1. The van der Waals surface area contributed by atoms with Crippen LogP contribution in [0.25, 0.3) is 0 Å². The van der Waals surface area contributed by atoms with Gasteiger partial charge in [-0.1, -0.05) is 5.16 Å². The van der Waals surface area contributed by atoms with E-state index < -0.39 is 0 Å². The quantitative estimate of drug-likeness (QED) is 0.837. The van der Waals surface area contributed by atoms with Crippen LogP contribution >= 0.6 is 0 Å². The molecule has 8 heteroatoms. The second-order valence-electron chi connectivity index (χ2n) is 4.88. The van der Waals surface area contributed by atoms with Gasteiger partial charge in [-0.15, -0.1) is 0 Å². The molecule has 1 aliphatic rings. The number of piperidine rings is 1. The molecule has 1 fully saturated rings. The van der Waals surface area contributed by atoms with Crippen molar-refractivity contribution in [3.63, 3.8) is 0 Å². The Hall–Kier alpha value is -2.64. The van der Waals surface area contributed by atoms with E-state index in [2.05, 4.69) is 15.1 Å². The van der Waals surface area contributed by atoms with Gasteiger partial charge in [0.1, 0.15) is 6.10 Å². The fourth-order valence-corrected chi connectivity index (χ4v) is 2.39. The van der Waals surface area contributed by atoms with Gasteiger partial charge in [0.2, 0.25) is 5.76 Å². The standard InChI is InChI=1S/C14H16N4O4/c1-20-12-13(16-7-6-15-12)21-10-3-2-8-18(9-10)14(19)11-4-5-17-22-11/h4-7,10H,2-3,8-9H2,1H3/t10-/m1/s1. The molecule has 0 radical (unpaired) electrons. The van der Waals surface area contributed by atoms with Crippen molar-refractivity contribution in [3.8, 4) is 11.8 Å². The van der Waals surface area contributed by atoms with E-state index in [1.54, 1.807) is 11.0 Å². The lowest BCUT2D eigenvalue weighted by Gasteiger charge is -2.32. The number of aromatic nitrogens is 3. The Bertz CT molecular complexity index is 632. The summed E-state index contributed by atoms with van der Waals surface area (Å²) in [5.74, 6) is 0.722. The average Bonchev–Trinajstić information content (AvgIpc) is 3.09. The molecule has 0 aliphatic carbocycles. The predicted molar refractivity (Wildman–Crippen MR) is 74.6 cm³/mol. The molecule has 0 aromatic carbocycles. The van der Waals surface area contributed by atoms with Gasteiger partial charge in [0.25, 0.3) is 17.7 Å². The van der Waals surface area contributed by atoms with E-state index in [4.69, 9.17) is 14.0 Å². The van der Waals surface area contributed by atoms with Gasteiger partial charge < -0.3 is 18.9 Å². The van der Waals surface area contributed by atoms with Crippen molar-refractivity contribution in [3.05, 3.63) is 30.4 Å². The van der Waals surface area contributed by atoms with Crippen LogP contribution in [0.2, 0.25) is 0 Å². The normalized spacial score (nSPS) is 18.0. The zero-order valence-electron chi connectivity index (χ0n) is 12.1. The Morgan fingerprint density at radius 3 is 2.86 bits per heavy atom. The maximum atomic E-state index is 12.3. The van der Waals surface area contributed by atoms with Crippen LogP contribution in [0, 0.1) is 0 Å². The van der Waals surface area contributed by atoms with E-state index in [1.165, 1.54) is 25.7 Å². The molecular formula is C14H16N4O4. The first-order valence-electron chi connectivity index (χ1n) is 6.99. The van der Waals surface area contributed by atoms with Crippen molar-refractivity contribution in [2.45, 2.75) is 18.9 Å². The average molecular weight is 304 g/mol. The summed E-state index contributed by atoms with van der Waals surface area (Å²) in [6, 6.07) is 1.55. The highest BCUT2D eigenvalue weighted by Gasteiger charge is 2.28. The first-order valence-corrected chi connectivity index (χ1v) is 6.99. The zero-order valence-corrected chi connectivity index (χ0v) is 12.1. The molecule has 0 spiro atoms. The molecule has 0 saturated carbocycles. The fourth-order valence-electron chi connectivity index (χ4n) is 2.39. The molecule has 3 rings (SSSR count). The summed E-state index contributed by atoms with van der Waals surface area (Å²) in [6.45, 7) is 1.12.